The van der Waals surface area contributed by atoms with Crippen LogP contribution < -0.4 is 4.90 Å². The molecule has 1 aromatic heterocycles. The molecule has 6 heteroatoms. The number of ether oxygens (including phenoxy) is 1. The highest BCUT2D eigenvalue weighted by Gasteiger charge is 2.39. The lowest BCUT2D eigenvalue weighted by Gasteiger charge is -2.35. The van der Waals surface area contributed by atoms with Gasteiger partial charge in [-0.1, -0.05) is 6.07 Å². The van der Waals surface area contributed by atoms with Crippen LogP contribution in [0.5, 0.6) is 0 Å². The molecule has 1 atom stereocenters. The second-order valence-corrected chi connectivity index (χ2v) is 8.06. The molecule has 0 aliphatic carbocycles. The van der Waals surface area contributed by atoms with E-state index in [0.29, 0.717) is 26.3 Å². The van der Waals surface area contributed by atoms with Gasteiger partial charge in [-0.25, -0.2) is 0 Å². The lowest BCUT2D eigenvalue weighted by molar-refractivity contribution is -0.141. The van der Waals surface area contributed by atoms with E-state index in [1.165, 1.54) is 5.56 Å². The van der Waals surface area contributed by atoms with Gasteiger partial charge in [0.2, 0.25) is 11.8 Å². The van der Waals surface area contributed by atoms with Crippen molar-refractivity contribution in [2.45, 2.75) is 45.7 Å². The summed E-state index contributed by atoms with van der Waals surface area (Å²) in [5, 5.41) is 0. The van der Waals surface area contributed by atoms with Gasteiger partial charge >= 0.3 is 0 Å². The summed E-state index contributed by atoms with van der Waals surface area (Å²) in [6.07, 6.45) is 3.51. The molecule has 2 aliphatic heterocycles. The smallest absolute Gasteiger partial charge is 0.228 e. The molecule has 0 bridgehead atoms. The average Bonchev–Trinajstić information content (AvgIpc) is 3.38. The topological polar surface area (TPSA) is 63.0 Å². The minimum absolute atomic E-state index is 0.0107. The maximum atomic E-state index is 13.5. The molecular weight excluding hydrogens is 368 g/mol. The van der Waals surface area contributed by atoms with Crippen LogP contribution in [0.25, 0.3) is 0 Å². The molecule has 0 saturated carbocycles. The summed E-state index contributed by atoms with van der Waals surface area (Å²) in [7, 11) is 0. The van der Waals surface area contributed by atoms with E-state index in [-0.39, 0.29) is 30.2 Å². The third-order valence-electron chi connectivity index (χ3n) is 6.10. The van der Waals surface area contributed by atoms with Crippen LogP contribution in [0.1, 0.15) is 36.1 Å². The molecule has 2 aromatic rings. The zero-order valence-electron chi connectivity index (χ0n) is 17.1. The molecule has 29 heavy (non-hydrogen) atoms. The molecule has 2 amide bonds. The molecule has 0 N–H and O–H groups in total. The maximum absolute atomic E-state index is 13.5. The van der Waals surface area contributed by atoms with Crippen LogP contribution in [0.2, 0.25) is 0 Å². The van der Waals surface area contributed by atoms with Crippen LogP contribution >= 0.6 is 0 Å². The molecule has 0 unspecified atom stereocenters. The molecule has 2 saturated heterocycles. The van der Waals surface area contributed by atoms with Crippen molar-refractivity contribution < 1.29 is 18.7 Å². The van der Waals surface area contributed by atoms with Gasteiger partial charge in [0.25, 0.3) is 0 Å². The fourth-order valence-corrected chi connectivity index (χ4v) is 4.20. The van der Waals surface area contributed by atoms with Crippen molar-refractivity contribution in [1.29, 1.82) is 0 Å². The zero-order chi connectivity index (χ0) is 20.4. The Kier molecular flexibility index (Phi) is 5.72. The monoisotopic (exact) mass is 396 g/mol. The molecule has 4 rings (SSSR count). The highest BCUT2D eigenvalue weighted by Crippen LogP contribution is 2.30. The summed E-state index contributed by atoms with van der Waals surface area (Å²) >= 11 is 0. The first-order valence-corrected chi connectivity index (χ1v) is 10.3. The van der Waals surface area contributed by atoms with Gasteiger partial charge in [0.05, 0.1) is 18.7 Å². The van der Waals surface area contributed by atoms with Gasteiger partial charge in [0.15, 0.2) is 0 Å². The number of rotatable bonds is 5. The number of furan rings is 1. The van der Waals surface area contributed by atoms with E-state index in [9.17, 15) is 9.59 Å². The number of nitrogens with zero attached hydrogens (tertiary/aromatic N) is 2. The fourth-order valence-electron chi connectivity index (χ4n) is 4.20. The minimum Gasteiger partial charge on any atom is -0.467 e. The van der Waals surface area contributed by atoms with Crippen molar-refractivity contribution in [3.8, 4) is 0 Å². The van der Waals surface area contributed by atoms with Crippen molar-refractivity contribution in [3.63, 3.8) is 0 Å². The Balaban J connectivity index is 1.52. The molecule has 154 valence electrons. The standard InChI is InChI=1S/C23H28N2O4/c1-16-5-6-20(12-17(16)2)24-14-18(13-22(24)26)23(27)25(15-21-4-3-9-29-21)19-7-10-28-11-8-19/h3-6,9,12,18-19H,7-8,10-11,13-15H2,1-2H3/t18-/m1/s1. The minimum atomic E-state index is -0.332. The quantitative estimate of drug-likeness (QED) is 0.777. The van der Waals surface area contributed by atoms with Crippen molar-refractivity contribution in [1.82, 2.24) is 4.90 Å². The third kappa shape index (κ3) is 4.22. The van der Waals surface area contributed by atoms with E-state index >= 15 is 0 Å². The van der Waals surface area contributed by atoms with Crippen LogP contribution in [0.4, 0.5) is 5.69 Å². The summed E-state index contributed by atoms with van der Waals surface area (Å²) in [6.45, 7) is 6.27. The Bertz CT molecular complexity index is 871. The summed E-state index contributed by atoms with van der Waals surface area (Å²) < 4.78 is 11.0. The maximum Gasteiger partial charge on any atom is 0.228 e. The third-order valence-corrected chi connectivity index (χ3v) is 6.10. The predicted octanol–water partition coefficient (Wildman–Crippen LogP) is 3.46. The van der Waals surface area contributed by atoms with E-state index < -0.39 is 0 Å². The molecule has 6 nitrogen and oxygen atoms in total. The summed E-state index contributed by atoms with van der Waals surface area (Å²) in [4.78, 5) is 29.9. The second-order valence-electron chi connectivity index (χ2n) is 8.06. The van der Waals surface area contributed by atoms with Gasteiger partial charge in [-0.2, -0.15) is 0 Å². The van der Waals surface area contributed by atoms with Crippen LogP contribution in [-0.4, -0.2) is 42.5 Å². The first kappa shape index (κ1) is 19.7. The Morgan fingerprint density at radius 3 is 2.66 bits per heavy atom. The van der Waals surface area contributed by atoms with Gasteiger partial charge in [-0.05, 0) is 62.1 Å². The van der Waals surface area contributed by atoms with Crippen LogP contribution in [-0.2, 0) is 20.9 Å². The Hall–Kier alpha value is -2.60. The number of carbonyl (C=O) groups excluding carboxylic acids is 2. The van der Waals surface area contributed by atoms with Gasteiger partial charge < -0.3 is 19.0 Å². The van der Waals surface area contributed by atoms with Crippen molar-refractivity contribution in [2.75, 3.05) is 24.7 Å². The first-order valence-electron chi connectivity index (χ1n) is 10.3. The number of anilines is 1. The van der Waals surface area contributed by atoms with Gasteiger partial charge in [0.1, 0.15) is 5.76 Å². The number of hydrogen-bond donors (Lipinski definition) is 0. The second kappa shape index (κ2) is 8.41. The average molecular weight is 396 g/mol. The largest absolute Gasteiger partial charge is 0.467 e. The fraction of sp³-hybridized carbons (Fsp3) is 0.478. The molecule has 2 fully saturated rings. The molecule has 3 heterocycles. The van der Waals surface area contributed by atoms with Crippen molar-refractivity contribution >= 4 is 17.5 Å². The molecule has 2 aliphatic rings. The number of carbonyl (C=O) groups is 2. The van der Waals surface area contributed by atoms with E-state index in [1.54, 1.807) is 11.2 Å². The molecule has 1 aromatic carbocycles. The highest BCUT2D eigenvalue weighted by atomic mass is 16.5. The van der Waals surface area contributed by atoms with E-state index in [1.807, 2.05) is 42.2 Å². The summed E-state index contributed by atoms with van der Waals surface area (Å²) in [5.41, 5.74) is 3.21. The number of amides is 2. The van der Waals surface area contributed by atoms with Crippen LogP contribution in [0.15, 0.2) is 41.0 Å². The Labute approximate surface area is 171 Å². The molecular formula is C23H28N2O4. The van der Waals surface area contributed by atoms with Gasteiger partial charge in [0, 0.05) is 37.9 Å². The van der Waals surface area contributed by atoms with Crippen LogP contribution in [0.3, 0.4) is 0 Å². The van der Waals surface area contributed by atoms with Crippen LogP contribution in [0, 0.1) is 19.8 Å². The zero-order valence-corrected chi connectivity index (χ0v) is 17.1. The Morgan fingerprint density at radius 1 is 1.17 bits per heavy atom. The molecule has 0 radical (unpaired) electrons. The van der Waals surface area contributed by atoms with Crippen molar-refractivity contribution in [2.24, 2.45) is 5.92 Å². The lowest BCUT2D eigenvalue weighted by atomic mass is 10.0. The summed E-state index contributed by atoms with van der Waals surface area (Å²) in [5.74, 6) is 0.478. The summed E-state index contributed by atoms with van der Waals surface area (Å²) in [6, 6.07) is 9.86. The lowest BCUT2D eigenvalue weighted by Crippen LogP contribution is -2.46. The van der Waals surface area contributed by atoms with Gasteiger partial charge in [-0.15, -0.1) is 0 Å². The highest BCUT2D eigenvalue weighted by molar-refractivity contribution is 6.00. The van der Waals surface area contributed by atoms with Gasteiger partial charge in [-0.3, -0.25) is 9.59 Å². The SMILES string of the molecule is Cc1ccc(N2C[C@H](C(=O)N(Cc3ccco3)C3CCOCC3)CC2=O)cc1C. The van der Waals surface area contributed by atoms with E-state index in [2.05, 4.69) is 6.92 Å². The number of hydrogen-bond acceptors (Lipinski definition) is 4. The normalized spacial score (nSPS) is 20.3. The van der Waals surface area contributed by atoms with Crippen molar-refractivity contribution in [3.05, 3.63) is 53.5 Å². The molecule has 0 spiro atoms. The number of benzene rings is 1. The van der Waals surface area contributed by atoms with E-state index in [4.69, 9.17) is 9.15 Å². The predicted molar refractivity (Wildman–Crippen MR) is 109 cm³/mol. The van der Waals surface area contributed by atoms with E-state index in [0.717, 1.165) is 29.9 Å². The first-order chi connectivity index (χ1) is 14.0. The Morgan fingerprint density at radius 2 is 1.97 bits per heavy atom. The number of aryl methyl sites for hydroxylation is 2.